The van der Waals surface area contributed by atoms with Crippen LogP contribution in [0.4, 0.5) is 8.78 Å². The molecule has 1 saturated carbocycles. The Bertz CT molecular complexity index is 345. The lowest BCUT2D eigenvalue weighted by Crippen LogP contribution is -2.48. The average Bonchev–Trinajstić information content (AvgIpc) is 2.70. The summed E-state index contributed by atoms with van der Waals surface area (Å²) in [7, 11) is 4.07. The molecule has 2 fully saturated rings. The van der Waals surface area contributed by atoms with Crippen LogP contribution in [0.15, 0.2) is 0 Å². The van der Waals surface area contributed by atoms with Crippen molar-refractivity contribution in [3.05, 3.63) is 0 Å². The third kappa shape index (κ3) is 5.85. The van der Waals surface area contributed by atoms with E-state index in [0.29, 0.717) is 6.04 Å². The van der Waals surface area contributed by atoms with E-state index in [1.807, 2.05) is 14.1 Å². The second kappa shape index (κ2) is 8.46. The first-order valence-electron chi connectivity index (χ1n) is 6.95. The fourth-order valence-electron chi connectivity index (χ4n) is 2.97. The van der Waals surface area contributed by atoms with Crippen LogP contribution in [0.5, 0.6) is 0 Å². The first kappa shape index (κ1) is 20.8. The average molecular weight is 348 g/mol. The Balaban J connectivity index is 0.00000200. The topological polar surface area (TPSA) is 44.4 Å². The smallest absolute Gasteiger partial charge is 0.262 e. The van der Waals surface area contributed by atoms with Gasteiger partial charge >= 0.3 is 0 Å². The molecule has 4 nitrogen and oxygen atoms in total. The zero-order valence-corrected chi connectivity index (χ0v) is 14.0. The molecule has 126 valence electrons. The highest BCUT2D eigenvalue weighted by molar-refractivity contribution is 5.85. The largest absolute Gasteiger partial charge is 0.352 e. The van der Waals surface area contributed by atoms with E-state index in [-0.39, 0.29) is 43.2 Å². The molecule has 2 aliphatic rings. The predicted octanol–water partition coefficient (Wildman–Crippen LogP) is 1.82. The molecule has 0 aromatic rings. The lowest BCUT2D eigenvalue weighted by Gasteiger charge is -2.34. The molecule has 0 bridgehead atoms. The van der Waals surface area contributed by atoms with Gasteiger partial charge in [-0.05, 0) is 39.8 Å². The summed E-state index contributed by atoms with van der Waals surface area (Å²) >= 11 is 0. The number of rotatable bonds is 3. The normalized spacial score (nSPS) is 31.2. The van der Waals surface area contributed by atoms with Crippen molar-refractivity contribution in [1.29, 1.82) is 0 Å². The number of nitrogens with zero attached hydrogens (tertiary/aromatic N) is 1. The molecule has 2 rings (SSSR count). The number of carbonyl (C=O) groups excluding carboxylic acids is 1. The van der Waals surface area contributed by atoms with Crippen LogP contribution in [-0.4, -0.2) is 55.5 Å². The molecule has 1 amide bonds. The maximum Gasteiger partial charge on any atom is 0.262 e. The van der Waals surface area contributed by atoms with E-state index in [9.17, 15) is 13.6 Å². The Labute approximate surface area is 137 Å². The van der Waals surface area contributed by atoms with Crippen molar-refractivity contribution in [2.45, 2.75) is 56.2 Å². The van der Waals surface area contributed by atoms with Crippen LogP contribution >= 0.6 is 24.8 Å². The van der Waals surface area contributed by atoms with Gasteiger partial charge in [0.05, 0.1) is 12.6 Å². The van der Waals surface area contributed by atoms with Crippen molar-refractivity contribution in [3.8, 4) is 0 Å². The summed E-state index contributed by atoms with van der Waals surface area (Å²) in [6.07, 6.45) is 3.67. The third-order valence-electron chi connectivity index (χ3n) is 4.15. The van der Waals surface area contributed by atoms with Crippen molar-refractivity contribution in [1.82, 2.24) is 15.5 Å². The second-order valence-electron chi connectivity index (χ2n) is 5.98. The van der Waals surface area contributed by atoms with Gasteiger partial charge in [-0.25, -0.2) is 8.78 Å². The van der Waals surface area contributed by atoms with Gasteiger partial charge in [0.1, 0.15) is 0 Å². The number of hydrogen-bond acceptors (Lipinski definition) is 3. The highest BCUT2D eigenvalue weighted by Gasteiger charge is 2.42. The van der Waals surface area contributed by atoms with Gasteiger partial charge in [0, 0.05) is 18.5 Å². The summed E-state index contributed by atoms with van der Waals surface area (Å²) < 4.78 is 26.1. The maximum absolute atomic E-state index is 13.1. The number of amides is 1. The zero-order valence-electron chi connectivity index (χ0n) is 12.4. The Kier molecular flexibility index (Phi) is 8.39. The molecule has 1 aliphatic carbocycles. The van der Waals surface area contributed by atoms with Gasteiger partial charge in [0.25, 0.3) is 5.92 Å². The van der Waals surface area contributed by atoms with Crippen LogP contribution in [0.1, 0.15) is 32.1 Å². The lowest BCUT2D eigenvalue weighted by molar-refractivity contribution is -0.124. The highest BCUT2D eigenvalue weighted by atomic mass is 35.5. The van der Waals surface area contributed by atoms with Gasteiger partial charge in [-0.1, -0.05) is 0 Å². The van der Waals surface area contributed by atoms with Crippen LogP contribution < -0.4 is 10.6 Å². The molecule has 8 heteroatoms. The van der Waals surface area contributed by atoms with Crippen molar-refractivity contribution in [2.24, 2.45) is 0 Å². The van der Waals surface area contributed by atoms with E-state index in [2.05, 4.69) is 15.5 Å². The molecule has 3 unspecified atom stereocenters. The Morgan fingerprint density at radius 1 is 1.29 bits per heavy atom. The molecule has 21 heavy (non-hydrogen) atoms. The maximum atomic E-state index is 13.1. The standard InChI is InChI=1S/C13H23F2N3O.2ClH/c1-18(2)10-5-3-4-9(6-10)17-12(19)11-7-13(14,15)8-16-11;;/h9-11,16H,3-8H2,1-2H3,(H,17,19);2*1H. The highest BCUT2D eigenvalue weighted by Crippen LogP contribution is 2.26. The molecule has 0 aromatic heterocycles. The number of nitrogens with one attached hydrogen (secondary N) is 2. The van der Waals surface area contributed by atoms with Crippen molar-refractivity contribution in [2.75, 3.05) is 20.6 Å². The molecule has 1 aliphatic heterocycles. The second-order valence-corrected chi connectivity index (χ2v) is 5.98. The fraction of sp³-hybridized carbons (Fsp3) is 0.923. The monoisotopic (exact) mass is 347 g/mol. The fourth-order valence-corrected chi connectivity index (χ4v) is 2.97. The molecule has 0 spiro atoms. The van der Waals surface area contributed by atoms with E-state index >= 15 is 0 Å². The van der Waals surface area contributed by atoms with Crippen LogP contribution in [0, 0.1) is 0 Å². The summed E-state index contributed by atoms with van der Waals surface area (Å²) in [5.41, 5.74) is 0. The Morgan fingerprint density at radius 2 is 1.95 bits per heavy atom. The van der Waals surface area contributed by atoms with Gasteiger partial charge < -0.3 is 10.2 Å². The SMILES string of the molecule is CN(C)C1CCCC(NC(=O)C2CC(F)(F)CN2)C1.Cl.Cl. The van der Waals surface area contributed by atoms with E-state index in [1.165, 1.54) is 0 Å². The summed E-state index contributed by atoms with van der Waals surface area (Å²) in [5.74, 6) is -3.03. The lowest BCUT2D eigenvalue weighted by atomic mass is 9.90. The van der Waals surface area contributed by atoms with E-state index < -0.39 is 18.5 Å². The molecule has 3 atom stereocenters. The number of hydrogen-bond donors (Lipinski definition) is 2. The zero-order chi connectivity index (χ0) is 14.0. The van der Waals surface area contributed by atoms with Crippen LogP contribution in [0.25, 0.3) is 0 Å². The van der Waals surface area contributed by atoms with E-state index in [1.54, 1.807) is 0 Å². The molecule has 1 saturated heterocycles. The van der Waals surface area contributed by atoms with Gasteiger partial charge in [-0.15, -0.1) is 24.8 Å². The number of carbonyl (C=O) groups is 1. The quantitative estimate of drug-likeness (QED) is 0.818. The third-order valence-corrected chi connectivity index (χ3v) is 4.15. The van der Waals surface area contributed by atoms with E-state index in [4.69, 9.17) is 0 Å². The number of alkyl halides is 2. The predicted molar refractivity (Wildman–Crippen MR) is 83.7 cm³/mol. The van der Waals surface area contributed by atoms with Gasteiger partial charge in [0.15, 0.2) is 0 Å². The molecule has 1 heterocycles. The molecule has 0 radical (unpaired) electrons. The molecular weight excluding hydrogens is 323 g/mol. The minimum atomic E-state index is -2.75. The van der Waals surface area contributed by atoms with Gasteiger partial charge in [0.2, 0.25) is 5.91 Å². The van der Waals surface area contributed by atoms with Crippen molar-refractivity contribution in [3.63, 3.8) is 0 Å². The molecule has 0 aromatic carbocycles. The van der Waals surface area contributed by atoms with Crippen molar-refractivity contribution < 1.29 is 13.6 Å². The Morgan fingerprint density at radius 3 is 2.48 bits per heavy atom. The van der Waals surface area contributed by atoms with Crippen LogP contribution in [0.3, 0.4) is 0 Å². The van der Waals surface area contributed by atoms with Gasteiger partial charge in [-0.3, -0.25) is 10.1 Å². The summed E-state index contributed by atoms with van der Waals surface area (Å²) in [5, 5.41) is 5.52. The molecular formula is C13H25Cl2F2N3O. The molecule has 2 N–H and O–H groups in total. The van der Waals surface area contributed by atoms with Crippen LogP contribution in [0.2, 0.25) is 0 Å². The summed E-state index contributed by atoms with van der Waals surface area (Å²) in [4.78, 5) is 14.1. The summed E-state index contributed by atoms with van der Waals surface area (Å²) in [6, 6.07) is -0.156. The van der Waals surface area contributed by atoms with Crippen LogP contribution in [-0.2, 0) is 4.79 Å². The summed E-state index contributed by atoms with van der Waals surface area (Å²) in [6.45, 7) is -0.393. The van der Waals surface area contributed by atoms with E-state index in [0.717, 1.165) is 25.7 Å². The first-order valence-corrected chi connectivity index (χ1v) is 6.95. The minimum absolute atomic E-state index is 0. The van der Waals surface area contributed by atoms with Gasteiger partial charge in [-0.2, -0.15) is 0 Å². The Hall–Kier alpha value is -0.170. The first-order chi connectivity index (χ1) is 8.87. The number of halogens is 4. The van der Waals surface area contributed by atoms with Crippen molar-refractivity contribution >= 4 is 30.7 Å². The minimum Gasteiger partial charge on any atom is -0.352 e.